The molecule has 0 radical (unpaired) electrons. The number of ether oxygens (including phenoxy) is 2. The Hall–Kier alpha value is -5.18. The van der Waals surface area contributed by atoms with Crippen molar-refractivity contribution in [1.82, 2.24) is 34.5 Å². The summed E-state index contributed by atoms with van der Waals surface area (Å²) in [6.45, 7) is 9.03. The highest BCUT2D eigenvalue weighted by atomic mass is 32.2. The highest BCUT2D eigenvalue weighted by Gasteiger charge is 2.39. The molecule has 5 heterocycles. The fourth-order valence-corrected chi connectivity index (χ4v) is 10.6. The van der Waals surface area contributed by atoms with E-state index in [1.54, 1.807) is 13.3 Å². The van der Waals surface area contributed by atoms with E-state index in [-0.39, 0.29) is 17.9 Å². The number of aryl methyl sites for hydroxylation is 1. The predicted octanol–water partition coefficient (Wildman–Crippen LogP) is 7.06. The first kappa shape index (κ1) is 40.2. The lowest BCUT2D eigenvalue weighted by Gasteiger charge is -2.21. The monoisotopic (exact) mass is 830 g/mol. The molecule has 4 aliphatic rings. The van der Waals surface area contributed by atoms with E-state index in [2.05, 4.69) is 76.2 Å². The summed E-state index contributed by atoms with van der Waals surface area (Å²) in [6, 6.07) is 17.0. The van der Waals surface area contributed by atoms with Crippen LogP contribution < -0.4 is 19.5 Å². The van der Waals surface area contributed by atoms with E-state index >= 15 is 0 Å². The fraction of sp³-hybridized carbons (Fsp3) is 0.457. The molecule has 0 spiro atoms. The molecule has 0 bridgehead atoms. The second-order valence-corrected chi connectivity index (χ2v) is 18.6. The number of carbonyl (C=O) groups is 1. The van der Waals surface area contributed by atoms with Gasteiger partial charge in [-0.05, 0) is 129 Å². The number of rotatable bonds is 15. The first-order valence-electron chi connectivity index (χ1n) is 21.6. The smallest absolute Gasteiger partial charge is 0.240 e. The van der Waals surface area contributed by atoms with Crippen molar-refractivity contribution >= 4 is 38.3 Å². The number of likely N-dealkylation sites (tertiary alicyclic amines) is 2. The Morgan fingerprint density at radius 3 is 2.47 bits per heavy atom. The number of aromatic nitrogens is 4. The molecule has 3 fully saturated rings. The molecule has 2 aromatic carbocycles. The summed E-state index contributed by atoms with van der Waals surface area (Å²) in [5, 5.41) is 4.19. The minimum Gasteiger partial charge on any atom is -0.480 e. The van der Waals surface area contributed by atoms with E-state index in [1.807, 2.05) is 12.3 Å². The van der Waals surface area contributed by atoms with E-state index in [0.717, 1.165) is 78.9 Å². The van der Waals surface area contributed by atoms with Gasteiger partial charge in [-0.2, -0.15) is 4.98 Å². The van der Waals surface area contributed by atoms with Gasteiger partial charge in [-0.1, -0.05) is 44.2 Å². The summed E-state index contributed by atoms with van der Waals surface area (Å²) < 4.78 is 39.4. The quantitative estimate of drug-likeness (QED) is 0.111. The van der Waals surface area contributed by atoms with Gasteiger partial charge in [0.05, 0.1) is 18.3 Å². The third-order valence-corrected chi connectivity index (χ3v) is 14.4. The largest absolute Gasteiger partial charge is 0.480 e. The maximum absolute atomic E-state index is 12.8. The van der Waals surface area contributed by atoms with Crippen LogP contribution >= 0.6 is 0 Å². The minimum absolute atomic E-state index is 0.141. The van der Waals surface area contributed by atoms with E-state index in [0.29, 0.717) is 56.5 Å². The van der Waals surface area contributed by atoms with Crippen molar-refractivity contribution in [2.45, 2.75) is 96.1 Å². The number of sulfonamides is 1. The van der Waals surface area contributed by atoms with Gasteiger partial charge in [-0.3, -0.25) is 24.3 Å². The van der Waals surface area contributed by atoms with Gasteiger partial charge >= 0.3 is 0 Å². The number of pyridine rings is 2. The number of amides is 1. The molecule has 2 saturated heterocycles. The van der Waals surface area contributed by atoms with Gasteiger partial charge in [0, 0.05) is 43.1 Å². The van der Waals surface area contributed by atoms with Crippen molar-refractivity contribution in [3.05, 3.63) is 94.6 Å². The number of fused-ring (bicyclic) bond motifs is 2. The van der Waals surface area contributed by atoms with Crippen LogP contribution in [0, 0.1) is 5.92 Å². The molecule has 13 nitrogen and oxygen atoms in total. The lowest BCUT2D eigenvalue weighted by atomic mass is 9.91. The molecule has 314 valence electrons. The lowest BCUT2D eigenvalue weighted by Crippen LogP contribution is -2.38. The van der Waals surface area contributed by atoms with Crippen molar-refractivity contribution in [1.29, 1.82) is 0 Å². The van der Waals surface area contributed by atoms with Crippen LogP contribution in [0.25, 0.3) is 22.0 Å². The molecule has 14 heteroatoms. The van der Waals surface area contributed by atoms with Crippen LogP contribution in [0.1, 0.15) is 92.1 Å². The summed E-state index contributed by atoms with van der Waals surface area (Å²) in [5.74, 6) is 1.04. The lowest BCUT2D eigenvalue weighted by molar-refractivity contribution is -0.122. The van der Waals surface area contributed by atoms with Crippen LogP contribution in [0.3, 0.4) is 0 Å². The van der Waals surface area contributed by atoms with Gasteiger partial charge < -0.3 is 14.8 Å². The molecule has 2 aliphatic carbocycles. The second-order valence-electron chi connectivity index (χ2n) is 16.6. The molecule has 5 aromatic rings. The van der Waals surface area contributed by atoms with Crippen LogP contribution in [0.15, 0.2) is 60.9 Å². The molecule has 0 unspecified atom stereocenters. The molecular formula is C46H54N8O5S. The van der Waals surface area contributed by atoms with Crippen molar-refractivity contribution in [2.75, 3.05) is 38.6 Å². The highest BCUT2D eigenvalue weighted by molar-refractivity contribution is 7.90. The summed E-state index contributed by atoms with van der Waals surface area (Å²) in [7, 11) is -1.89. The Balaban J connectivity index is 0.914. The summed E-state index contributed by atoms with van der Waals surface area (Å²) >= 11 is 0. The molecule has 1 saturated carbocycles. The topological polar surface area (TPSA) is 152 Å². The Bertz CT molecular complexity index is 2520. The van der Waals surface area contributed by atoms with Crippen molar-refractivity contribution in [3.63, 3.8) is 0 Å². The zero-order chi connectivity index (χ0) is 41.4. The molecular weight excluding hydrogens is 777 g/mol. The SMILES string of the molecule is CCc1nc(CN2CCCC2)c(OC)nc1O[C@@H]1CCc2c(-c3cccc(Nc4nccc5cc(CN6CC[C@@H](C(=O)NS(=O)(=O)C7CC7)C6)cnc45)c3CC)cccc21. The van der Waals surface area contributed by atoms with Crippen LogP contribution in [-0.2, 0) is 47.2 Å². The number of nitrogens with one attached hydrogen (secondary N) is 2. The highest BCUT2D eigenvalue weighted by Crippen LogP contribution is 2.43. The van der Waals surface area contributed by atoms with Crippen LogP contribution in [0.4, 0.5) is 11.5 Å². The molecule has 2 atom stereocenters. The number of hydrogen-bond acceptors (Lipinski definition) is 12. The molecule has 3 aromatic heterocycles. The number of methoxy groups -OCH3 is 1. The zero-order valence-electron chi connectivity index (χ0n) is 34.7. The van der Waals surface area contributed by atoms with Crippen molar-refractivity contribution in [2.24, 2.45) is 5.92 Å². The zero-order valence-corrected chi connectivity index (χ0v) is 35.6. The predicted molar refractivity (Wildman–Crippen MR) is 232 cm³/mol. The molecule has 2 aliphatic heterocycles. The summed E-state index contributed by atoms with van der Waals surface area (Å²) in [5.41, 5.74) is 10.6. The molecule has 1 amide bonds. The van der Waals surface area contributed by atoms with E-state index in [1.165, 1.54) is 40.7 Å². The van der Waals surface area contributed by atoms with Gasteiger partial charge in [-0.25, -0.2) is 18.4 Å². The Labute approximate surface area is 352 Å². The van der Waals surface area contributed by atoms with Crippen molar-refractivity contribution in [3.8, 4) is 22.9 Å². The Kier molecular flexibility index (Phi) is 11.4. The number of anilines is 2. The van der Waals surface area contributed by atoms with Crippen molar-refractivity contribution < 1.29 is 22.7 Å². The maximum atomic E-state index is 12.8. The minimum atomic E-state index is -3.55. The average Bonchev–Trinajstić information content (AvgIpc) is 3.59. The number of carbonyl (C=O) groups excluding carboxylic acids is 1. The van der Waals surface area contributed by atoms with E-state index in [4.69, 9.17) is 29.4 Å². The molecule has 9 rings (SSSR count). The molecule has 60 heavy (non-hydrogen) atoms. The first-order chi connectivity index (χ1) is 29.2. The fourth-order valence-electron chi connectivity index (χ4n) is 9.23. The van der Waals surface area contributed by atoms with E-state index < -0.39 is 15.3 Å². The Morgan fingerprint density at radius 1 is 0.867 bits per heavy atom. The maximum Gasteiger partial charge on any atom is 0.240 e. The van der Waals surface area contributed by atoms with Gasteiger partial charge in [0.1, 0.15) is 23.0 Å². The molecule has 2 N–H and O–H groups in total. The van der Waals surface area contributed by atoms with E-state index in [9.17, 15) is 13.2 Å². The van der Waals surface area contributed by atoms with Crippen LogP contribution in [-0.4, -0.2) is 82.6 Å². The van der Waals surface area contributed by atoms with Gasteiger partial charge in [0.25, 0.3) is 0 Å². The van der Waals surface area contributed by atoms with Gasteiger partial charge in [0.2, 0.25) is 27.7 Å². The second kappa shape index (κ2) is 17.1. The average molecular weight is 831 g/mol. The number of hydrogen-bond donors (Lipinski definition) is 2. The Morgan fingerprint density at radius 2 is 1.68 bits per heavy atom. The number of nitrogens with zero attached hydrogens (tertiary/aromatic N) is 6. The summed E-state index contributed by atoms with van der Waals surface area (Å²) in [6.07, 6.45) is 11.1. The third kappa shape index (κ3) is 8.29. The first-order valence-corrected chi connectivity index (χ1v) is 23.1. The van der Waals surface area contributed by atoms with Crippen LogP contribution in [0.2, 0.25) is 0 Å². The van der Waals surface area contributed by atoms with Gasteiger partial charge in [0.15, 0.2) is 5.82 Å². The standard InChI is InChI=1S/C46H54N8O5S/c1-4-33-34(35-10-8-12-37-36(35)16-17-41(37)59-46-38(5-2)49-40(45(51-46)58-3)28-53-21-6-7-22-53)11-9-13-39(33)50-43-42-30(18-20-47-43)24-29(25-48-42)26-54-23-19-31(27-54)44(55)52-60(56,57)32-14-15-32/h8-13,18,20,24-25,31-32,41H,4-7,14-17,19,21-23,26-28H2,1-3H3,(H,47,50)(H,52,55)/t31-,41-/m1/s1. The van der Waals surface area contributed by atoms with Crippen LogP contribution in [0.5, 0.6) is 11.8 Å². The number of benzene rings is 2. The normalized spacial score (nSPS) is 19.4. The third-order valence-electron chi connectivity index (χ3n) is 12.5. The van der Waals surface area contributed by atoms with Gasteiger partial charge in [-0.15, -0.1) is 0 Å². The summed E-state index contributed by atoms with van der Waals surface area (Å²) in [4.78, 5) is 36.9.